The Hall–Kier alpha value is -3.16. The Kier molecular flexibility index (Phi) is 4.28. The molecule has 2 amide bonds. The zero-order valence-corrected chi connectivity index (χ0v) is 12.2. The summed E-state index contributed by atoms with van der Waals surface area (Å²) < 4.78 is 34.4. The number of hydrogen-bond donors (Lipinski definition) is 2. The lowest BCUT2D eigenvalue weighted by atomic mass is 10.1. The fourth-order valence-corrected chi connectivity index (χ4v) is 2.21. The van der Waals surface area contributed by atoms with Crippen molar-refractivity contribution in [2.24, 2.45) is 0 Å². The van der Waals surface area contributed by atoms with Crippen LogP contribution in [0.15, 0.2) is 42.5 Å². The summed E-state index contributed by atoms with van der Waals surface area (Å²) in [5, 5.41) is 5.18. The molecule has 1 heterocycles. The molecule has 6 nitrogen and oxygen atoms in total. The third kappa shape index (κ3) is 3.43. The van der Waals surface area contributed by atoms with Crippen molar-refractivity contribution in [3.05, 3.63) is 48.0 Å². The van der Waals surface area contributed by atoms with Crippen molar-refractivity contribution in [2.45, 2.75) is 6.61 Å². The lowest BCUT2D eigenvalue weighted by molar-refractivity contribution is -0.118. The smallest absolute Gasteiger partial charge is 0.387 e. The van der Waals surface area contributed by atoms with Gasteiger partial charge in [-0.3, -0.25) is 9.59 Å². The van der Waals surface area contributed by atoms with E-state index >= 15 is 0 Å². The van der Waals surface area contributed by atoms with Crippen molar-refractivity contribution >= 4 is 23.2 Å². The Bertz CT molecular complexity index is 795. The molecular formula is C16H12F2N2O4. The number of carbonyl (C=O) groups is 2. The fraction of sp³-hybridized carbons (Fsp3) is 0.125. The van der Waals surface area contributed by atoms with Gasteiger partial charge >= 0.3 is 6.61 Å². The molecule has 0 aromatic heterocycles. The summed E-state index contributed by atoms with van der Waals surface area (Å²) in [7, 11) is 0. The van der Waals surface area contributed by atoms with E-state index in [-0.39, 0.29) is 23.8 Å². The second-order valence-electron chi connectivity index (χ2n) is 4.88. The molecule has 0 radical (unpaired) electrons. The van der Waals surface area contributed by atoms with Crippen LogP contribution in [0.3, 0.4) is 0 Å². The summed E-state index contributed by atoms with van der Waals surface area (Å²) in [6.07, 6.45) is 0. The number of hydrogen-bond acceptors (Lipinski definition) is 4. The van der Waals surface area contributed by atoms with E-state index in [0.717, 1.165) is 0 Å². The van der Waals surface area contributed by atoms with E-state index < -0.39 is 12.5 Å². The number of ether oxygens (including phenoxy) is 2. The predicted molar refractivity (Wildman–Crippen MR) is 81.6 cm³/mol. The van der Waals surface area contributed by atoms with Gasteiger partial charge in [0.25, 0.3) is 11.8 Å². The molecule has 0 atom stereocenters. The summed E-state index contributed by atoms with van der Waals surface area (Å²) >= 11 is 0. The molecule has 1 aliphatic heterocycles. The molecule has 0 bridgehead atoms. The van der Waals surface area contributed by atoms with Gasteiger partial charge in [0.05, 0.1) is 11.3 Å². The third-order valence-electron chi connectivity index (χ3n) is 3.22. The Balaban J connectivity index is 1.81. The number of alkyl halides is 2. The molecule has 0 unspecified atom stereocenters. The van der Waals surface area contributed by atoms with Crippen LogP contribution in [0, 0.1) is 0 Å². The monoisotopic (exact) mass is 334 g/mol. The van der Waals surface area contributed by atoms with Crippen LogP contribution in [-0.2, 0) is 4.79 Å². The molecule has 2 N–H and O–H groups in total. The molecule has 0 saturated heterocycles. The predicted octanol–water partition coefficient (Wildman–Crippen LogP) is 2.87. The van der Waals surface area contributed by atoms with Crippen molar-refractivity contribution < 1.29 is 27.8 Å². The van der Waals surface area contributed by atoms with Crippen LogP contribution >= 0.6 is 0 Å². The van der Waals surface area contributed by atoms with Gasteiger partial charge in [0.1, 0.15) is 11.5 Å². The molecular weight excluding hydrogens is 322 g/mol. The standard InChI is InChI=1S/C16H12F2N2O4/c17-16(18)24-12-4-2-1-3-10(12)15(22)19-9-5-6-13-11(7-9)20-14(21)8-23-13/h1-7,16H,8H2,(H,19,22)(H,20,21). The van der Waals surface area contributed by atoms with Gasteiger partial charge in [-0.2, -0.15) is 8.78 Å². The van der Waals surface area contributed by atoms with E-state index in [9.17, 15) is 18.4 Å². The average Bonchev–Trinajstić information content (AvgIpc) is 2.54. The topological polar surface area (TPSA) is 76.7 Å². The van der Waals surface area contributed by atoms with Gasteiger partial charge in [-0.05, 0) is 30.3 Å². The van der Waals surface area contributed by atoms with Crippen molar-refractivity contribution in [1.29, 1.82) is 0 Å². The molecule has 8 heteroatoms. The number of benzene rings is 2. The van der Waals surface area contributed by atoms with Crippen LogP contribution in [-0.4, -0.2) is 25.0 Å². The number of amides is 2. The second kappa shape index (κ2) is 6.53. The Morgan fingerprint density at radius 1 is 1.25 bits per heavy atom. The maximum atomic E-state index is 12.4. The van der Waals surface area contributed by atoms with E-state index in [2.05, 4.69) is 15.4 Å². The number of rotatable bonds is 4. The lowest BCUT2D eigenvalue weighted by Gasteiger charge is -2.18. The molecule has 2 aromatic carbocycles. The molecule has 124 valence electrons. The summed E-state index contributed by atoms with van der Waals surface area (Å²) in [4.78, 5) is 23.6. The zero-order valence-electron chi connectivity index (χ0n) is 12.2. The molecule has 0 spiro atoms. The molecule has 1 aliphatic rings. The molecule has 0 fully saturated rings. The highest BCUT2D eigenvalue weighted by atomic mass is 19.3. The van der Waals surface area contributed by atoms with Gasteiger partial charge in [0.15, 0.2) is 6.61 Å². The fourth-order valence-electron chi connectivity index (χ4n) is 2.21. The number of nitrogens with one attached hydrogen (secondary N) is 2. The van der Waals surface area contributed by atoms with E-state index in [4.69, 9.17) is 4.74 Å². The third-order valence-corrected chi connectivity index (χ3v) is 3.22. The van der Waals surface area contributed by atoms with Gasteiger partial charge in [-0.15, -0.1) is 0 Å². The van der Waals surface area contributed by atoms with Gasteiger partial charge in [-0.1, -0.05) is 12.1 Å². The first-order valence-corrected chi connectivity index (χ1v) is 6.95. The molecule has 0 saturated carbocycles. The van der Waals surface area contributed by atoms with Gasteiger partial charge in [0, 0.05) is 5.69 Å². The van der Waals surface area contributed by atoms with Gasteiger partial charge < -0.3 is 20.1 Å². The maximum absolute atomic E-state index is 12.4. The average molecular weight is 334 g/mol. The molecule has 3 rings (SSSR count). The summed E-state index contributed by atoms with van der Waals surface area (Å²) in [6.45, 7) is -3.10. The quantitative estimate of drug-likeness (QED) is 0.901. The number of fused-ring (bicyclic) bond motifs is 1. The first-order valence-electron chi connectivity index (χ1n) is 6.95. The Labute approximate surface area is 135 Å². The minimum absolute atomic E-state index is 0.0317. The summed E-state index contributed by atoms with van der Waals surface area (Å²) in [5.74, 6) is -0.662. The first kappa shape index (κ1) is 15.7. The van der Waals surface area contributed by atoms with Crippen LogP contribution in [0.1, 0.15) is 10.4 Å². The highest BCUT2D eigenvalue weighted by Gasteiger charge is 2.18. The SMILES string of the molecule is O=C1COc2ccc(NC(=O)c3ccccc3OC(F)F)cc2N1. The molecule has 24 heavy (non-hydrogen) atoms. The molecule has 2 aromatic rings. The Morgan fingerprint density at radius 2 is 2.04 bits per heavy atom. The van der Waals surface area contributed by atoms with Gasteiger partial charge in [0.2, 0.25) is 0 Å². The highest BCUT2D eigenvalue weighted by molar-refractivity contribution is 6.06. The number of carbonyl (C=O) groups excluding carboxylic acids is 2. The lowest BCUT2D eigenvalue weighted by Crippen LogP contribution is -2.25. The largest absolute Gasteiger partial charge is 0.482 e. The first-order chi connectivity index (χ1) is 11.5. The Morgan fingerprint density at radius 3 is 2.83 bits per heavy atom. The van der Waals surface area contributed by atoms with Crippen molar-refractivity contribution in [3.8, 4) is 11.5 Å². The van der Waals surface area contributed by atoms with Crippen LogP contribution < -0.4 is 20.1 Å². The number of anilines is 2. The van der Waals surface area contributed by atoms with E-state index in [1.807, 2.05) is 0 Å². The normalized spacial score (nSPS) is 12.9. The van der Waals surface area contributed by atoms with Gasteiger partial charge in [-0.25, -0.2) is 0 Å². The summed E-state index contributed by atoms with van der Waals surface area (Å²) in [6, 6.07) is 10.4. The van der Waals surface area contributed by atoms with E-state index in [0.29, 0.717) is 17.1 Å². The van der Waals surface area contributed by atoms with E-state index in [1.54, 1.807) is 12.1 Å². The van der Waals surface area contributed by atoms with Crippen LogP contribution in [0.25, 0.3) is 0 Å². The number of halogens is 2. The minimum atomic E-state index is -3.03. The van der Waals surface area contributed by atoms with Crippen molar-refractivity contribution in [2.75, 3.05) is 17.2 Å². The van der Waals surface area contributed by atoms with Crippen LogP contribution in [0.2, 0.25) is 0 Å². The summed E-state index contributed by atoms with van der Waals surface area (Å²) in [5.41, 5.74) is 0.758. The van der Waals surface area contributed by atoms with Crippen LogP contribution in [0.4, 0.5) is 20.2 Å². The van der Waals surface area contributed by atoms with Crippen molar-refractivity contribution in [1.82, 2.24) is 0 Å². The van der Waals surface area contributed by atoms with Crippen LogP contribution in [0.5, 0.6) is 11.5 Å². The van der Waals surface area contributed by atoms with E-state index in [1.165, 1.54) is 30.3 Å². The minimum Gasteiger partial charge on any atom is -0.482 e. The van der Waals surface area contributed by atoms with Crippen molar-refractivity contribution in [3.63, 3.8) is 0 Å². The second-order valence-corrected chi connectivity index (χ2v) is 4.88. The molecule has 0 aliphatic carbocycles. The highest BCUT2D eigenvalue weighted by Crippen LogP contribution is 2.31. The number of para-hydroxylation sites is 1. The zero-order chi connectivity index (χ0) is 17.1. The maximum Gasteiger partial charge on any atom is 0.387 e.